The molecule has 0 radical (unpaired) electrons. The van der Waals surface area contributed by atoms with Crippen LogP contribution in [0.3, 0.4) is 0 Å². The second-order valence-electron chi connectivity index (χ2n) is 8.52. The van der Waals surface area contributed by atoms with Gasteiger partial charge in [-0.05, 0) is 49.7 Å². The summed E-state index contributed by atoms with van der Waals surface area (Å²) in [5.41, 5.74) is 5.25. The summed E-state index contributed by atoms with van der Waals surface area (Å²) in [5, 5.41) is 0. The molecule has 136 valence electrons. The molecule has 3 aliphatic carbocycles. The number of ether oxygens (including phenoxy) is 2. The summed E-state index contributed by atoms with van der Waals surface area (Å²) >= 11 is 0. The largest absolute Gasteiger partial charge is 0.351 e. The SMILES string of the molecule is COC1(OC)[C@]2(c3ccc(C)cc3)[C@H]3CCC[C@H]3[C@]12c1ccc(C)cc1. The lowest BCUT2D eigenvalue weighted by Crippen LogP contribution is -2.49. The van der Waals surface area contributed by atoms with Crippen LogP contribution in [0.1, 0.15) is 41.5 Å². The molecule has 2 aromatic rings. The van der Waals surface area contributed by atoms with Crippen molar-refractivity contribution in [3.63, 3.8) is 0 Å². The maximum absolute atomic E-state index is 6.28. The number of benzene rings is 2. The van der Waals surface area contributed by atoms with Gasteiger partial charge in [-0.3, -0.25) is 0 Å². The van der Waals surface area contributed by atoms with Gasteiger partial charge in [0, 0.05) is 14.2 Å². The Hall–Kier alpha value is -1.64. The lowest BCUT2D eigenvalue weighted by Gasteiger charge is -2.46. The molecule has 0 aromatic heterocycles. The van der Waals surface area contributed by atoms with Gasteiger partial charge in [-0.15, -0.1) is 0 Å². The molecule has 0 unspecified atom stereocenters. The van der Waals surface area contributed by atoms with Gasteiger partial charge >= 0.3 is 0 Å². The van der Waals surface area contributed by atoms with Crippen molar-refractivity contribution in [3.05, 3.63) is 70.8 Å². The number of hydrogen-bond acceptors (Lipinski definition) is 2. The van der Waals surface area contributed by atoms with Crippen LogP contribution >= 0.6 is 0 Å². The van der Waals surface area contributed by atoms with Crippen molar-refractivity contribution in [1.29, 1.82) is 0 Å². The fraction of sp³-hybridized carbons (Fsp3) is 0.500. The molecule has 4 atom stereocenters. The Morgan fingerprint density at radius 2 is 1.08 bits per heavy atom. The Kier molecular flexibility index (Phi) is 3.31. The van der Waals surface area contributed by atoms with E-state index in [-0.39, 0.29) is 10.8 Å². The van der Waals surface area contributed by atoms with Gasteiger partial charge in [-0.2, -0.15) is 0 Å². The zero-order chi connectivity index (χ0) is 18.2. The van der Waals surface area contributed by atoms with Crippen LogP contribution in [-0.4, -0.2) is 20.0 Å². The number of rotatable bonds is 4. The fourth-order valence-electron chi connectivity index (χ4n) is 7.15. The summed E-state index contributed by atoms with van der Waals surface area (Å²) in [7, 11) is 3.67. The molecule has 0 N–H and O–H groups in total. The van der Waals surface area contributed by atoms with E-state index in [2.05, 4.69) is 62.4 Å². The molecule has 2 aromatic carbocycles. The second-order valence-corrected chi connectivity index (χ2v) is 8.52. The first-order valence-corrected chi connectivity index (χ1v) is 9.84. The van der Waals surface area contributed by atoms with Crippen LogP contribution in [0.5, 0.6) is 0 Å². The number of hydrogen-bond donors (Lipinski definition) is 0. The van der Waals surface area contributed by atoms with Gasteiger partial charge < -0.3 is 9.47 Å². The monoisotopic (exact) mass is 348 g/mol. The Morgan fingerprint density at radius 3 is 1.42 bits per heavy atom. The third kappa shape index (κ3) is 1.47. The van der Waals surface area contributed by atoms with Gasteiger partial charge in [0.25, 0.3) is 0 Å². The van der Waals surface area contributed by atoms with Crippen LogP contribution < -0.4 is 0 Å². The predicted molar refractivity (Wildman–Crippen MR) is 103 cm³/mol. The number of methoxy groups -OCH3 is 2. The van der Waals surface area contributed by atoms with Crippen molar-refractivity contribution in [2.24, 2.45) is 11.8 Å². The first kappa shape index (κ1) is 16.5. The lowest BCUT2D eigenvalue weighted by atomic mass is 9.54. The Balaban J connectivity index is 1.77. The molecule has 3 fully saturated rings. The van der Waals surface area contributed by atoms with E-state index in [1.54, 1.807) is 0 Å². The topological polar surface area (TPSA) is 18.5 Å². The molecule has 26 heavy (non-hydrogen) atoms. The quantitative estimate of drug-likeness (QED) is 0.731. The van der Waals surface area contributed by atoms with E-state index in [0.717, 1.165) is 0 Å². The summed E-state index contributed by atoms with van der Waals surface area (Å²) in [5.74, 6) is 0.734. The molecule has 3 aliphatic rings. The van der Waals surface area contributed by atoms with Crippen LogP contribution in [0.15, 0.2) is 48.5 Å². The smallest absolute Gasteiger partial charge is 0.189 e. The summed E-state index contributed by atoms with van der Waals surface area (Å²) in [6, 6.07) is 18.2. The lowest BCUT2D eigenvalue weighted by molar-refractivity contribution is -0.152. The van der Waals surface area contributed by atoms with E-state index in [1.165, 1.54) is 41.5 Å². The van der Waals surface area contributed by atoms with Crippen molar-refractivity contribution < 1.29 is 9.47 Å². The zero-order valence-corrected chi connectivity index (χ0v) is 16.2. The highest BCUT2D eigenvalue weighted by molar-refractivity contribution is 5.66. The molecule has 0 bridgehead atoms. The zero-order valence-electron chi connectivity index (χ0n) is 16.2. The highest BCUT2D eigenvalue weighted by atomic mass is 16.7. The molecule has 0 heterocycles. The van der Waals surface area contributed by atoms with Crippen molar-refractivity contribution in [1.82, 2.24) is 0 Å². The van der Waals surface area contributed by atoms with Gasteiger partial charge in [0.05, 0.1) is 10.8 Å². The van der Waals surface area contributed by atoms with E-state index in [1.807, 2.05) is 14.2 Å². The maximum Gasteiger partial charge on any atom is 0.189 e. The molecule has 0 saturated heterocycles. The van der Waals surface area contributed by atoms with Gasteiger partial charge in [0.2, 0.25) is 0 Å². The molecule has 5 rings (SSSR count). The predicted octanol–water partition coefficient (Wildman–Crippen LogP) is 4.91. The molecule has 2 heteroatoms. The molecule has 0 amide bonds. The third-order valence-corrected chi connectivity index (χ3v) is 7.81. The van der Waals surface area contributed by atoms with Gasteiger partial charge in [0.15, 0.2) is 5.79 Å². The fourth-order valence-corrected chi connectivity index (χ4v) is 7.15. The van der Waals surface area contributed by atoms with E-state index in [0.29, 0.717) is 11.8 Å². The van der Waals surface area contributed by atoms with Crippen molar-refractivity contribution in [2.45, 2.75) is 49.7 Å². The first-order chi connectivity index (χ1) is 12.6. The molecular weight excluding hydrogens is 320 g/mol. The van der Waals surface area contributed by atoms with Crippen LogP contribution in [0.2, 0.25) is 0 Å². The minimum Gasteiger partial charge on any atom is -0.351 e. The Bertz CT molecular complexity index is 766. The summed E-state index contributed by atoms with van der Waals surface area (Å²) in [4.78, 5) is 0. The van der Waals surface area contributed by atoms with Crippen LogP contribution in [-0.2, 0) is 20.3 Å². The van der Waals surface area contributed by atoms with E-state index in [9.17, 15) is 0 Å². The number of aryl methyl sites for hydroxylation is 2. The van der Waals surface area contributed by atoms with E-state index in [4.69, 9.17) is 9.47 Å². The average Bonchev–Trinajstić information content (AvgIpc) is 2.88. The summed E-state index contributed by atoms with van der Waals surface area (Å²) in [6.45, 7) is 4.31. The number of fused-ring (bicyclic) bond motifs is 4. The summed E-state index contributed by atoms with van der Waals surface area (Å²) in [6.07, 6.45) is 3.88. The second kappa shape index (κ2) is 5.21. The standard InChI is InChI=1S/C24H28O2/c1-16-8-12-18(13-9-16)22-20-6-5-7-21(20)23(22,24(22,25-3)26-4)19-14-10-17(2)11-15-19/h8-15,20-21H,5-7H2,1-4H3/t20-,21+,22+,23-. The third-order valence-electron chi connectivity index (χ3n) is 7.81. The Labute approximate surface area is 156 Å². The highest BCUT2D eigenvalue weighted by Crippen LogP contribution is 2.92. The molecule has 3 saturated carbocycles. The van der Waals surface area contributed by atoms with Crippen molar-refractivity contribution in [2.75, 3.05) is 14.2 Å². The van der Waals surface area contributed by atoms with Gasteiger partial charge in [-0.1, -0.05) is 66.1 Å². The van der Waals surface area contributed by atoms with Crippen molar-refractivity contribution in [3.8, 4) is 0 Å². The Morgan fingerprint density at radius 1 is 0.692 bits per heavy atom. The van der Waals surface area contributed by atoms with Gasteiger partial charge in [-0.25, -0.2) is 0 Å². The van der Waals surface area contributed by atoms with Crippen LogP contribution in [0, 0.1) is 25.7 Å². The summed E-state index contributed by atoms with van der Waals surface area (Å²) < 4.78 is 12.6. The molecule has 0 aliphatic heterocycles. The van der Waals surface area contributed by atoms with Gasteiger partial charge in [0.1, 0.15) is 0 Å². The van der Waals surface area contributed by atoms with E-state index >= 15 is 0 Å². The van der Waals surface area contributed by atoms with Crippen molar-refractivity contribution >= 4 is 0 Å². The highest BCUT2D eigenvalue weighted by Gasteiger charge is 3.01. The maximum atomic E-state index is 6.28. The first-order valence-electron chi connectivity index (χ1n) is 9.84. The normalized spacial score (nSPS) is 36.2. The van der Waals surface area contributed by atoms with Crippen LogP contribution in [0.4, 0.5) is 0 Å². The molecular formula is C24H28O2. The van der Waals surface area contributed by atoms with Crippen LogP contribution in [0.25, 0.3) is 0 Å². The molecule has 0 spiro atoms. The van der Waals surface area contributed by atoms with E-state index < -0.39 is 5.79 Å². The minimum atomic E-state index is -0.555. The minimum absolute atomic E-state index is 0.0619. The average molecular weight is 348 g/mol. The molecule has 2 nitrogen and oxygen atoms in total.